The molecule has 3 rings (SSSR count). The Morgan fingerprint density at radius 1 is 1.36 bits per heavy atom. The minimum atomic E-state index is 0.106. The summed E-state index contributed by atoms with van der Waals surface area (Å²) in [5.74, 6) is 0.932. The average molecular weight is 314 g/mol. The van der Waals surface area contributed by atoms with Gasteiger partial charge in [-0.1, -0.05) is 37.3 Å². The lowest BCUT2D eigenvalue weighted by atomic mass is 9.97. The van der Waals surface area contributed by atoms with E-state index in [4.69, 9.17) is 0 Å². The molecule has 1 saturated carbocycles. The second kappa shape index (κ2) is 6.61. The summed E-state index contributed by atoms with van der Waals surface area (Å²) in [6.45, 7) is 4.17. The molecular weight excluding hydrogens is 292 g/mol. The van der Waals surface area contributed by atoms with E-state index in [1.54, 1.807) is 11.3 Å². The molecule has 0 radical (unpaired) electrons. The standard InChI is InChI=1S/C18H22N2OS/c1-12(14-6-4-3-5-7-14)10-16(21)20-17(15-8-9-15)18-19-11-13(2)22-18/h3-7,11-12,15,17H,8-10H2,1-2H3,(H,20,21)/t12-,17-/m0/s1. The third-order valence-electron chi connectivity index (χ3n) is 4.18. The van der Waals surface area contributed by atoms with E-state index in [1.807, 2.05) is 24.4 Å². The molecular formula is C18H22N2OS. The van der Waals surface area contributed by atoms with Gasteiger partial charge < -0.3 is 5.32 Å². The van der Waals surface area contributed by atoms with Gasteiger partial charge in [0.05, 0.1) is 6.04 Å². The Kier molecular flexibility index (Phi) is 4.57. The van der Waals surface area contributed by atoms with Crippen LogP contribution in [0.25, 0.3) is 0 Å². The summed E-state index contributed by atoms with van der Waals surface area (Å²) in [4.78, 5) is 18.1. The summed E-state index contributed by atoms with van der Waals surface area (Å²) in [5, 5.41) is 4.27. The van der Waals surface area contributed by atoms with Crippen LogP contribution in [0.4, 0.5) is 0 Å². The van der Waals surface area contributed by atoms with Gasteiger partial charge in [0.2, 0.25) is 5.91 Å². The van der Waals surface area contributed by atoms with Gasteiger partial charge in [-0.05, 0) is 37.2 Å². The lowest BCUT2D eigenvalue weighted by Crippen LogP contribution is -2.30. The zero-order valence-electron chi connectivity index (χ0n) is 13.1. The molecule has 4 heteroatoms. The van der Waals surface area contributed by atoms with Crippen LogP contribution in [-0.2, 0) is 4.79 Å². The molecule has 22 heavy (non-hydrogen) atoms. The first-order chi connectivity index (χ1) is 10.6. The van der Waals surface area contributed by atoms with Crippen molar-refractivity contribution in [3.63, 3.8) is 0 Å². The topological polar surface area (TPSA) is 42.0 Å². The Labute approximate surface area is 135 Å². The van der Waals surface area contributed by atoms with Crippen molar-refractivity contribution in [2.24, 2.45) is 5.92 Å². The number of hydrogen-bond donors (Lipinski definition) is 1. The van der Waals surface area contributed by atoms with Crippen molar-refractivity contribution in [3.05, 3.63) is 52.0 Å². The fourth-order valence-corrected chi connectivity index (χ4v) is 3.66. The summed E-state index contributed by atoms with van der Waals surface area (Å²) in [6, 6.07) is 10.3. The summed E-state index contributed by atoms with van der Waals surface area (Å²) in [6.07, 6.45) is 4.81. The molecule has 2 atom stereocenters. The minimum absolute atomic E-state index is 0.106. The molecule has 116 valence electrons. The predicted octanol–water partition coefficient (Wildman–Crippen LogP) is 4.21. The molecule has 0 spiro atoms. The van der Waals surface area contributed by atoms with Gasteiger partial charge in [0.15, 0.2) is 0 Å². The number of rotatable bonds is 6. The first kappa shape index (κ1) is 15.2. The number of aryl methyl sites for hydroxylation is 1. The highest BCUT2D eigenvalue weighted by atomic mass is 32.1. The number of amides is 1. The molecule has 1 amide bonds. The zero-order valence-corrected chi connectivity index (χ0v) is 13.9. The van der Waals surface area contributed by atoms with E-state index in [0.29, 0.717) is 12.3 Å². The van der Waals surface area contributed by atoms with E-state index in [-0.39, 0.29) is 17.9 Å². The quantitative estimate of drug-likeness (QED) is 0.867. The van der Waals surface area contributed by atoms with Crippen molar-refractivity contribution in [2.75, 3.05) is 0 Å². The zero-order chi connectivity index (χ0) is 15.5. The van der Waals surface area contributed by atoms with Crippen molar-refractivity contribution in [2.45, 2.75) is 45.1 Å². The molecule has 0 unspecified atom stereocenters. The van der Waals surface area contributed by atoms with E-state index in [0.717, 1.165) is 5.01 Å². The number of carbonyl (C=O) groups excluding carboxylic acids is 1. The van der Waals surface area contributed by atoms with Crippen molar-refractivity contribution in [1.82, 2.24) is 10.3 Å². The lowest BCUT2D eigenvalue weighted by Gasteiger charge is -2.18. The van der Waals surface area contributed by atoms with E-state index in [2.05, 4.69) is 36.3 Å². The second-order valence-electron chi connectivity index (χ2n) is 6.21. The van der Waals surface area contributed by atoms with Crippen molar-refractivity contribution >= 4 is 17.2 Å². The van der Waals surface area contributed by atoms with Gasteiger partial charge in [-0.2, -0.15) is 0 Å². The summed E-state index contributed by atoms with van der Waals surface area (Å²) < 4.78 is 0. The number of thiazole rings is 1. The second-order valence-corrected chi connectivity index (χ2v) is 7.47. The maximum Gasteiger partial charge on any atom is 0.221 e. The van der Waals surface area contributed by atoms with E-state index >= 15 is 0 Å². The van der Waals surface area contributed by atoms with Crippen LogP contribution in [0.15, 0.2) is 36.5 Å². The van der Waals surface area contributed by atoms with Crippen LogP contribution in [-0.4, -0.2) is 10.9 Å². The first-order valence-electron chi connectivity index (χ1n) is 7.90. The summed E-state index contributed by atoms with van der Waals surface area (Å²) >= 11 is 1.70. The molecule has 1 heterocycles. The molecule has 0 bridgehead atoms. The average Bonchev–Trinajstić information content (AvgIpc) is 3.27. The highest BCUT2D eigenvalue weighted by Gasteiger charge is 2.35. The number of benzene rings is 1. The number of nitrogens with zero attached hydrogens (tertiary/aromatic N) is 1. The molecule has 3 nitrogen and oxygen atoms in total. The van der Waals surface area contributed by atoms with Crippen LogP contribution in [0.3, 0.4) is 0 Å². The fourth-order valence-electron chi connectivity index (χ4n) is 2.74. The molecule has 2 aromatic rings. The molecule has 1 aromatic heterocycles. The third kappa shape index (κ3) is 3.74. The van der Waals surface area contributed by atoms with Crippen LogP contribution >= 0.6 is 11.3 Å². The Morgan fingerprint density at radius 3 is 2.68 bits per heavy atom. The van der Waals surface area contributed by atoms with Crippen molar-refractivity contribution in [3.8, 4) is 0 Å². The maximum atomic E-state index is 12.4. The molecule has 1 N–H and O–H groups in total. The third-order valence-corrected chi connectivity index (χ3v) is 5.17. The van der Waals surface area contributed by atoms with Gasteiger partial charge >= 0.3 is 0 Å². The highest BCUT2D eigenvalue weighted by molar-refractivity contribution is 7.11. The van der Waals surface area contributed by atoms with Gasteiger partial charge in [-0.15, -0.1) is 11.3 Å². The summed E-state index contributed by atoms with van der Waals surface area (Å²) in [7, 11) is 0. The van der Waals surface area contributed by atoms with Crippen LogP contribution in [0.1, 0.15) is 53.6 Å². The van der Waals surface area contributed by atoms with Crippen molar-refractivity contribution < 1.29 is 4.79 Å². The fraction of sp³-hybridized carbons (Fsp3) is 0.444. The predicted molar refractivity (Wildman–Crippen MR) is 89.9 cm³/mol. The summed E-state index contributed by atoms with van der Waals surface area (Å²) in [5.41, 5.74) is 1.21. The van der Waals surface area contributed by atoms with Gasteiger partial charge in [0.25, 0.3) is 0 Å². The molecule has 1 fully saturated rings. The van der Waals surface area contributed by atoms with E-state index < -0.39 is 0 Å². The Morgan fingerprint density at radius 2 is 2.09 bits per heavy atom. The normalized spacial score (nSPS) is 17.0. The van der Waals surface area contributed by atoms with E-state index in [9.17, 15) is 4.79 Å². The molecule has 1 aliphatic carbocycles. The monoisotopic (exact) mass is 314 g/mol. The molecule has 1 aliphatic rings. The van der Waals surface area contributed by atoms with Crippen molar-refractivity contribution in [1.29, 1.82) is 0 Å². The van der Waals surface area contributed by atoms with Crippen LogP contribution in [0.5, 0.6) is 0 Å². The van der Waals surface area contributed by atoms with Crippen LogP contribution < -0.4 is 5.32 Å². The number of nitrogens with one attached hydrogen (secondary N) is 1. The minimum Gasteiger partial charge on any atom is -0.347 e. The van der Waals surface area contributed by atoms with Gasteiger partial charge in [0.1, 0.15) is 5.01 Å². The van der Waals surface area contributed by atoms with E-state index in [1.165, 1.54) is 23.3 Å². The molecule has 0 aliphatic heterocycles. The van der Waals surface area contributed by atoms with Gasteiger partial charge in [-0.3, -0.25) is 4.79 Å². The maximum absolute atomic E-state index is 12.4. The Balaban J connectivity index is 1.62. The number of aromatic nitrogens is 1. The lowest BCUT2D eigenvalue weighted by molar-refractivity contribution is -0.122. The van der Waals surface area contributed by atoms with Crippen LogP contribution in [0, 0.1) is 12.8 Å². The van der Waals surface area contributed by atoms with Gasteiger partial charge in [0, 0.05) is 17.5 Å². The first-order valence-corrected chi connectivity index (χ1v) is 8.72. The SMILES string of the molecule is Cc1cnc([C@@H](NC(=O)C[C@H](C)c2ccccc2)C2CC2)s1. The smallest absolute Gasteiger partial charge is 0.221 e. The van der Waals surface area contributed by atoms with Gasteiger partial charge in [-0.25, -0.2) is 4.98 Å². The largest absolute Gasteiger partial charge is 0.347 e. The van der Waals surface area contributed by atoms with Crippen LogP contribution in [0.2, 0.25) is 0 Å². The number of carbonyl (C=O) groups is 1. The molecule has 0 saturated heterocycles. The Hall–Kier alpha value is -1.68. The number of hydrogen-bond acceptors (Lipinski definition) is 3. The highest BCUT2D eigenvalue weighted by Crippen LogP contribution is 2.42. The Bertz CT molecular complexity index is 634. The molecule has 1 aromatic carbocycles.